The van der Waals surface area contributed by atoms with E-state index in [0.717, 1.165) is 19.1 Å². The van der Waals surface area contributed by atoms with Gasteiger partial charge in [-0.25, -0.2) is 0 Å². The van der Waals surface area contributed by atoms with Gasteiger partial charge in [0, 0.05) is 34.7 Å². The van der Waals surface area contributed by atoms with Crippen LogP contribution in [-0.4, -0.2) is 41.1 Å². The number of benzene rings is 2. The molecule has 2 aromatic carbocycles. The molecule has 6 rings (SSSR count). The molecule has 2 atom stereocenters. The van der Waals surface area contributed by atoms with Crippen LogP contribution >= 0.6 is 23.5 Å². The van der Waals surface area contributed by atoms with E-state index >= 15 is 0 Å². The predicted octanol–water partition coefficient (Wildman–Crippen LogP) is 6.17. The highest BCUT2D eigenvalue weighted by molar-refractivity contribution is 8.18. The number of hydrogen-bond acceptors (Lipinski definition) is 4. The van der Waals surface area contributed by atoms with Crippen LogP contribution in [0.3, 0.4) is 0 Å². The zero-order chi connectivity index (χ0) is 20.7. The summed E-state index contributed by atoms with van der Waals surface area (Å²) in [6.45, 7) is 3.70. The van der Waals surface area contributed by atoms with Crippen molar-refractivity contribution in [1.82, 2.24) is 9.88 Å². The molecule has 2 fully saturated rings. The molecule has 2 saturated heterocycles. The van der Waals surface area contributed by atoms with Crippen molar-refractivity contribution in [2.24, 2.45) is 5.92 Å². The highest BCUT2D eigenvalue weighted by Crippen LogP contribution is 2.64. The summed E-state index contributed by atoms with van der Waals surface area (Å²) in [5.74, 6) is 3.34. The first-order valence-corrected chi connectivity index (χ1v) is 13.6. The quantitative estimate of drug-likeness (QED) is 0.470. The maximum Gasteiger partial charge on any atom is 0.104 e. The molecule has 0 amide bonds. The summed E-state index contributed by atoms with van der Waals surface area (Å²) in [6, 6.07) is 20.0. The van der Waals surface area contributed by atoms with Crippen molar-refractivity contribution in [1.29, 1.82) is 0 Å². The Balaban J connectivity index is 1.27. The van der Waals surface area contributed by atoms with Crippen LogP contribution in [0.1, 0.15) is 42.1 Å². The summed E-state index contributed by atoms with van der Waals surface area (Å²) >= 11 is 4.44. The minimum absolute atomic E-state index is 0.235. The van der Waals surface area contributed by atoms with Gasteiger partial charge in [-0.1, -0.05) is 48.5 Å². The van der Waals surface area contributed by atoms with Gasteiger partial charge in [0.1, 0.15) is 4.08 Å². The molecular weight excluding hydrogens is 420 g/mol. The average Bonchev–Trinajstić information content (AvgIpc) is 3.23. The van der Waals surface area contributed by atoms with Gasteiger partial charge in [-0.15, -0.1) is 23.5 Å². The normalized spacial score (nSPS) is 25.0. The van der Waals surface area contributed by atoms with Crippen LogP contribution in [0, 0.1) is 5.92 Å². The highest BCUT2D eigenvalue weighted by atomic mass is 32.2. The molecule has 3 aliphatic rings. The molecule has 0 saturated carbocycles. The Morgan fingerprint density at radius 2 is 1.84 bits per heavy atom. The van der Waals surface area contributed by atoms with Crippen LogP contribution in [0.5, 0.6) is 0 Å². The van der Waals surface area contributed by atoms with Crippen molar-refractivity contribution in [3.8, 4) is 0 Å². The van der Waals surface area contributed by atoms with E-state index in [1.54, 1.807) is 5.56 Å². The second-order valence-electron chi connectivity index (χ2n) is 8.99. The molecule has 3 nitrogen and oxygen atoms in total. The molecule has 1 spiro atoms. The zero-order valence-corrected chi connectivity index (χ0v) is 19.5. The number of nitrogens with one attached hydrogen (secondary N) is 1. The van der Waals surface area contributed by atoms with Gasteiger partial charge in [-0.05, 0) is 54.9 Å². The molecule has 0 radical (unpaired) electrons. The number of fused-ring (bicyclic) bond motifs is 8. The van der Waals surface area contributed by atoms with Gasteiger partial charge in [0.05, 0.1) is 13.2 Å². The van der Waals surface area contributed by atoms with E-state index < -0.39 is 0 Å². The molecule has 1 aliphatic carbocycles. The number of aromatic nitrogens is 1. The lowest BCUT2D eigenvalue weighted by atomic mass is 9.77. The van der Waals surface area contributed by atoms with Gasteiger partial charge in [0.2, 0.25) is 0 Å². The van der Waals surface area contributed by atoms with Gasteiger partial charge in [-0.2, -0.15) is 0 Å². The van der Waals surface area contributed by atoms with Gasteiger partial charge in [0.25, 0.3) is 0 Å². The number of hydrogen-bond donors (Lipinski definition) is 1. The predicted molar refractivity (Wildman–Crippen MR) is 133 cm³/mol. The molecular formula is C26H30N2OS2. The third-order valence-electron chi connectivity index (χ3n) is 7.23. The number of piperidine rings is 1. The van der Waals surface area contributed by atoms with Crippen molar-refractivity contribution >= 4 is 34.4 Å². The van der Waals surface area contributed by atoms with E-state index in [4.69, 9.17) is 4.74 Å². The zero-order valence-electron chi connectivity index (χ0n) is 17.9. The minimum atomic E-state index is 0.235. The fourth-order valence-electron chi connectivity index (χ4n) is 5.79. The second kappa shape index (κ2) is 8.51. The number of nitrogens with zero attached hydrogens (tertiary/aromatic N) is 1. The number of H-pyrrole nitrogens is 1. The van der Waals surface area contributed by atoms with Crippen molar-refractivity contribution < 1.29 is 4.74 Å². The lowest BCUT2D eigenvalue weighted by Crippen LogP contribution is -2.48. The van der Waals surface area contributed by atoms with Gasteiger partial charge >= 0.3 is 0 Å². The number of ether oxygens (including phenoxy) is 1. The maximum absolute atomic E-state index is 6.07. The average molecular weight is 451 g/mol. The number of aromatic amines is 1. The summed E-state index contributed by atoms with van der Waals surface area (Å²) in [7, 11) is 0. The third kappa shape index (κ3) is 3.54. The lowest BCUT2D eigenvalue weighted by molar-refractivity contribution is 0.0435. The van der Waals surface area contributed by atoms with E-state index in [1.807, 2.05) is 0 Å². The van der Waals surface area contributed by atoms with E-state index in [-0.39, 0.29) is 4.08 Å². The van der Waals surface area contributed by atoms with E-state index in [2.05, 4.69) is 88.0 Å². The minimum Gasteiger partial charge on any atom is -0.375 e. The van der Waals surface area contributed by atoms with Crippen LogP contribution in [0.25, 0.3) is 10.9 Å². The third-order valence-corrected chi connectivity index (χ3v) is 10.9. The smallest absolute Gasteiger partial charge is 0.104 e. The molecule has 2 bridgehead atoms. The van der Waals surface area contributed by atoms with Crippen molar-refractivity contribution in [3.05, 3.63) is 71.4 Å². The van der Waals surface area contributed by atoms with Crippen molar-refractivity contribution in [2.45, 2.75) is 36.0 Å². The van der Waals surface area contributed by atoms with Crippen LogP contribution in [0.2, 0.25) is 0 Å². The van der Waals surface area contributed by atoms with E-state index in [0.29, 0.717) is 12.6 Å². The van der Waals surface area contributed by atoms with Gasteiger partial charge < -0.3 is 9.72 Å². The van der Waals surface area contributed by atoms with E-state index in [9.17, 15) is 0 Å². The monoisotopic (exact) mass is 450 g/mol. The first-order chi connectivity index (χ1) is 15.4. The molecule has 5 heteroatoms. The number of thioether (sulfide) groups is 2. The summed E-state index contributed by atoms with van der Waals surface area (Å²) in [5.41, 5.74) is 5.67. The number of para-hydroxylation sites is 1. The van der Waals surface area contributed by atoms with Crippen LogP contribution in [0.15, 0.2) is 54.6 Å². The molecule has 3 heterocycles. The Morgan fingerprint density at radius 1 is 1.03 bits per heavy atom. The number of rotatable bonds is 5. The molecule has 162 valence electrons. The topological polar surface area (TPSA) is 28.3 Å². The fraction of sp³-hybridized carbons (Fsp3) is 0.462. The standard InChI is InChI=1S/C26H30N2OS2/c1-2-7-19(8-3-1)18-29-14-13-28-12-11-20-17-23(28)24-21-9-4-5-10-22(21)27-25(24)26(20)30-15-6-16-31-26/h1-5,7-10,20,23,27H,6,11-18H2. The summed E-state index contributed by atoms with van der Waals surface area (Å²) in [4.78, 5) is 6.61. The molecule has 1 N–H and O–H groups in total. The van der Waals surface area contributed by atoms with Gasteiger partial charge in [-0.3, -0.25) is 4.90 Å². The molecule has 2 aliphatic heterocycles. The Labute approximate surface area is 193 Å². The number of likely N-dealkylation sites (tertiary alicyclic amines) is 1. The molecule has 2 unspecified atom stereocenters. The SMILES string of the molecule is c1ccc(COCCN2CCC3CC2c2c([nH]c4ccccc24)C32SCCCS2)cc1. The van der Waals surface area contributed by atoms with Crippen LogP contribution in [0.4, 0.5) is 0 Å². The fourth-order valence-corrected chi connectivity index (χ4v) is 9.50. The largest absolute Gasteiger partial charge is 0.375 e. The van der Waals surface area contributed by atoms with Crippen LogP contribution in [-0.2, 0) is 15.4 Å². The lowest BCUT2D eigenvalue weighted by Gasteiger charge is -2.53. The maximum atomic E-state index is 6.07. The Hall–Kier alpha value is -1.40. The summed E-state index contributed by atoms with van der Waals surface area (Å²) in [6.07, 6.45) is 3.92. The first kappa shape index (κ1) is 20.2. The first-order valence-electron chi connectivity index (χ1n) is 11.6. The second-order valence-corrected chi connectivity index (χ2v) is 11.9. The Kier molecular flexibility index (Phi) is 5.55. The van der Waals surface area contributed by atoms with Crippen molar-refractivity contribution in [2.75, 3.05) is 31.2 Å². The molecule has 1 aromatic heterocycles. The van der Waals surface area contributed by atoms with Crippen LogP contribution < -0.4 is 0 Å². The Bertz CT molecular complexity index is 1040. The van der Waals surface area contributed by atoms with Gasteiger partial charge in [0.15, 0.2) is 0 Å². The molecule has 31 heavy (non-hydrogen) atoms. The summed E-state index contributed by atoms with van der Waals surface area (Å²) < 4.78 is 6.30. The summed E-state index contributed by atoms with van der Waals surface area (Å²) in [5, 5.41) is 1.43. The van der Waals surface area contributed by atoms with E-state index in [1.165, 1.54) is 59.5 Å². The highest BCUT2D eigenvalue weighted by Gasteiger charge is 2.53. The molecule has 3 aromatic rings. The Morgan fingerprint density at radius 3 is 2.71 bits per heavy atom. The van der Waals surface area contributed by atoms with Crippen molar-refractivity contribution in [3.63, 3.8) is 0 Å².